The summed E-state index contributed by atoms with van der Waals surface area (Å²) >= 11 is 6.25. The highest BCUT2D eigenvalue weighted by Gasteiger charge is 2.30. The molecule has 1 saturated carbocycles. The number of ether oxygens (including phenoxy) is 1. The monoisotopic (exact) mass is 255 g/mol. The van der Waals surface area contributed by atoms with E-state index >= 15 is 0 Å². The maximum absolute atomic E-state index is 6.25. The third-order valence-corrected chi connectivity index (χ3v) is 3.19. The summed E-state index contributed by atoms with van der Waals surface area (Å²) in [6, 6.07) is 2.46. The average molecular weight is 256 g/mol. The number of anilines is 1. The van der Waals surface area contributed by atoms with Gasteiger partial charge in [0, 0.05) is 32.4 Å². The van der Waals surface area contributed by atoms with Crippen molar-refractivity contribution in [2.24, 2.45) is 5.73 Å². The summed E-state index contributed by atoms with van der Waals surface area (Å²) in [5.74, 6) is 0.850. The lowest BCUT2D eigenvalue weighted by atomic mass is 10.2. The van der Waals surface area contributed by atoms with Gasteiger partial charge >= 0.3 is 0 Å². The quantitative estimate of drug-likeness (QED) is 0.842. The minimum absolute atomic E-state index is 0.467. The average Bonchev–Trinajstić information content (AvgIpc) is 3.15. The molecular weight excluding hydrogens is 238 g/mol. The number of halogens is 1. The minimum Gasteiger partial charge on any atom is -0.383 e. The van der Waals surface area contributed by atoms with E-state index in [2.05, 4.69) is 9.88 Å². The molecule has 0 radical (unpaired) electrons. The lowest BCUT2D eigenvalue weighted by Gasteiger charge is -2.24. The summed E-state index contributed by atoms with van der Waals surface area (Å²) in [6.45, 7) is 1.98. The van der Waals surface area contributed by atoms with Crippen LogP contribution in [0, 0.1) is 0 Å². The highest BCUT2D eigenvalue weighted by Crippen LogP contribution is 2.34. The van der Waals surface area contributed by atoms with Gasteiger partial charge in [0.2, 0.25) is 0 Å². The van der Waals surface area contributed by atoms with Crippen molar-refractivity contribution in [2.45, 2.75) is 25.4 Å². The van der Waals surface area contributed by atoms with Crippen LogP contribution < -0.4 is 10.6 Å². The Bertz CT molecular complexity index is 382. The Balaban J connectivity index is 2.16. The molecule has 0 aliphatic heterocycles. The van der Waals surface area contributed by atoms with Crippen LogP contribution in [0.25, 0.3) is 0 Å². The zero-order chi connectivity index (χ0) is 12.3. The van der Waals surface area contributed by atoms with Crippen molar-refractivity contribution in [2.75, 3.05) is 25.2 Å². The number of hydrogen-bond acceptors (Lipinski definition) is 4. The Labute approximate surface area is 107 Å². The Hall–Kier alpha value is -0.840. The fourth-order valence-corrected chi connectivity index (χ4v) is 2.13. The van der Waals surface area contributed by atoms with Gasteiger partial charge in [0.15, 0.2) is 0 Å². The zero-order valence-electron chi connectivity index (χ0n) is 10.0. The first-order valence-electron chi connectivity index (χ1n) is 5.86. The van der Waals surface area contributed by atoms with E-state index in [1.807, 2.05) is 6.07 Å². The molecule has 1 fully saturated rings. The normalized spacial score (nSPS) is 15.0. The van der Waals surface area contributed by atoms with Crippen molar-refractivity contribution >= 4 is 17.4 Å². The van der Waals surface area contributed by atoms with Crippen LogP contribution >= 0.6 is 11.6 Å². The number of nitrogens with two attached hydrogens (primary N) is 1. The van der Waals surface area contributed by atoms with Crippen molar-refractivity contribution in [3.05, 3.63) is 22.8 Å². The largest absolute Gasteiger partial charge is 0.383 e. The summed E-state index contributed by atoms with van der Waals surface area (Å²) in [5.41, 5.74) is 6.52. The van der Waals surface area contributed by atoms with Gasteiger partial charge < -0.3 is 15.4 Å². The molecule has 0 saturated heterocycles. The first-order chi connectivity index (χ1) is 8.26. The van der Waals surface area contributed by atoms with E-state index < -0.39 is 0 Å². The lowest BCUT2D eigenvalue weighted by Crippen LogP contribution is -2.30. The maximum atomic E-state index is 6.25. The molecule has 1 heterocycles. The van der Waals surface area contributed by atoms with Crippen LogP contribution in [-0.2, 0) is 11.3 Å². The van der Waals surface area contributed by atoms with Gasteiger partial charge in [0.1, 0.15) is 5.82 Å². The van der Waals surface area contributed by atoms with Gasteiger partial charge in [-0.15, -0.1) is 0 Å². The van der Waals surface area contributed by atoms with Crippen molar-refractivity contribution in [1.29, 1.82) is 0 Å². The SMILES string of the molecule is COCCN(c1ncc(CN)cc1Cl)C1CC1. The lowest BCUT2D eigenvalue weighted by molar-refractivity contribution is 0.204. The predicted molar refractivity (Wildman–Crippen MR) is 69.4 cm³/mol. The fourth-order valence-electron chi connectivity index (χ4n) is 1.83. The smallest absolute Gasteiger partial charge is 0.147 e. The van der Waals surface area contributed by atoms with E-state index in [1.54, 1.807) is 13.3 Å². The Morgan fingerprint density at radius 1 is 1.59 bits per heavy atom. The predicted octanol–water partition coefficient (Wildman–Crippen LogP) is 1.81. The molecule has 0 aromatic carbocycles. The third kappa shape index (κ3) is 3.09. The van der Waals surface area contributed by atoms with E-state index in [1.165, 1.54) is 12.8 Å². The second kappa shape index (κ2) is 5.67. The maximum Gasteiger partial charge on any atom is 0.147 e. The third-order valence-electron chi connectivity index (χ3n) is 2.91. The molecule has 1 aromatic rings. The van der Waals surface area contributed by atoms with Gasteiger partial charge in [-0.3, -0.25) is 0 Å². The molecule has 0 atom stereocenters. The second-order valence-electron chi connectivity index (χ2n) is 4.27. The molecule has 0 amide bonds. The molecule has 94 valence electrons. The molecule has 0 bridgehead atoms. The molecule has 2 N–H and O–H groups in total. The van der Waals surface area contributed by atoms with Crippen LogP contribution in [0.3, 0.4) is 0 Å². The molecule has 17 heavy (non-hydrogen) atoms. The summed E-state index contributed by atoms with van der Waals surface area (Å²) in [6.07, 6.45) is 4.21. The minimum atomic E-state index is 0.467. The van der Waals surface area contributed by atoms with Crippen molar-refractivity contribution in [3.63, 3.8) is 0 Å². The van der Waals surface area contributed by atoms with E-state index in [0.29, 0.717) is 24.2 Å². The Kier molecular flexibility index (Phi) is 4.20. The van der Waals surface area contributed by atoms with Crippen LogP contribution in [0.2, 0.25) is 5.02 Å². The fraction of sp³-hybridized carbons (Fsp3) is 0.583. The van der Waals surface area contributed by atoms with E-state index in [9.17, 15) is 0 Å². The molecule has 0 spiro atoms. The standard InChI is InChI=1S/C12H18ClN3O/c1-17-5-4-16(10-2-3-10)12-11(13)6-9(7-14)8-15-12/h6,8,10H,2-5,7,14H2,1H3. The van der Waals surface area contributed by atoms with E-state index in [0.717, 1.165) is 17.9 Å². The van der Waals surface area contributed by atoms with Gasteiger partial charge in [-0.1, -0.05) is 11.6 Å². The van der Waals surface area contributed by atoms with Gasteiger partial charge in [-0.25, -0.2) is 4.98 Å². The number of nitrogens with zero attached hydrogens (tertiary/aromatic N) is 2. The number of methoxy groups -OCH3 is 1. The Morgan fingerprint density at radius 3 is 2.88 bits per heavy atom. The summed E-state index contributed by atoms with van der Waals surface area (Å²) in [7, 11) is 1.71. The van der Waals surface area contributed by atoms with Gasteiger partial charge in [-0.05, 0) is 24.5 Å². The van der Waals surface area contributed by atoms with Crippen LogP contribution in [0.4, 0.5) is 5.82 Å². The molecule has 2 rings (SSSR count). The Morgan fingerprint density at radius 2 is 2.35 bits per heavy atom. The van der Waals surface area contributed by atoms with Gasteiger partial charge in [0.05, 0.1) is 11.6 Å². The second-order valence-corrected chi connectivity index (χ2v) is 4.68. The summed E-state index contributed by atoms with van der Waals surface area (Å²) < 4.78 is 5.12. The highest BCUT2D eigenvalue weighted by atomic mass is 35.5. The first-order valence-corrected chi connectivity index (χ1v) is 6.24. The number of aromatic nitrogens is 1. The van der Waals surface area contributed by atoms with E-state index in [-0.39, 0.29) is 0 Å². The van der Waals surface area contributed by atoms with Crippen molar-refractivity contribution in [3.8, 4) is 0 Å². The zero-order valence-corrected chi connectivity index (χ0v) is 10.8. The molecule has 0 unspecified atom stereocenters. The molecule has 5 heteroatoms. The highest BCUT2D eigenvalue weighted by molar-refractivity contribution is 6.33. The molecular formula is C12H18ClN3O. The molecule has 1 aromatic heterocycles. The number of hydrogen-bond donors (Lipinski definition) is 1. The molecule has 1 aliphatic rings. The number of rotatable bonds is 6. The molecule has 4 nitrogen and oxygen atoms in total. The van der Waals surface area contributed by atoms with Crippen LogP contribution in [-0.4, -0.2) is 31.3 Å². The van der Waals surface area contributed by atoms with Crippen molar-refractivity contribution in [1.82, 2.24) is 4.98 Å². The topological polar surface area (TPSA) is 51.4 Å². The number of pyridine rings is 1. The summed E-state index contributed by atoms with van der Waals surface area (Å²) in [5, 5.41) is 0.677. The molecule has 1 aliphatic carbocycles. The van der Waals surface area contributed by atoms with Gasteiger partial charge in [0.25, 0.3) is 0 Å². The van der Waals surface area contributed by atoms with Crippen LogP contribution in [0.15, 0.2) is 12.3 Å². The summed E-state index contributed by atoms with van der Waals surface area (Å²) in [4.78, 5) is 6.65. The van der Waals surface area contributed by atoms with Gasteiger partial charge in [-0.2, -0.15) is 0 Å². The van der Waals surface area contributed by atoms with Crippen molar-refractivity contribution < 1.29 is 4.74 Å². The van der Waals surface area contributed by atoms with Crippen LogP contribution in [0.5, 0.6) is 0 Å². The first kappa shape index (κ1) is 12.6. The van der Waals surface area contributed by atoms with E-state index in [4.69, 9.17) is 22.1 Å². The van der Waals surface area contributed by atoms with Crippen LogP contribution in [0.1, 0.15) is 18.4 Å².